The van der Waals surface area contributed by atoms with Crippen molar-refractivity contribution in [3.63, 3.8) is 0 Å². The molecule has 0 radical (unpaired) electrons. The third kappa shape index (κ3) is 3.99. The van der Waals surface area contributed by atoms with Crippen molar-refractivity contribution in [2.24, 2.45) is 0 Å². The molecule has 1 amide bonds. The van der Waals surface area contributed by atoms with Gasteiger partial charge in [-0.2, -0.15) is 0 Å². The van der Waals surface area contributed by atoms with Gasteiger partial charge >= 0.3 is 0 Å². The minimum absolute atomic E-state index is 0.0347. The Morgan fingerprint density at radius 2 is 1.97 bits per heavy atom. The van der Waals surface area contributed by atoms with Crippen molar-refractivity contribution in [1.82, 2.24) is 14.8 Å². The van der Waals surface area contributed by atoms with Crippen molar-refractivity contribution in [2.75, 3.05) is 6.54 Å². The van der Waals surface area contributed by atoms with Gasteiger partial charge in [0.15, 0.2) is 5.76 Å². The normalized spacial score (nSPS) is 16.4. The highest BCUT2D eigenvalue weighted by molar-refractivity contribution is 5.91. The molecule has 8 heteroatoms. The molecule has 0 aliphatic carbocycles. The van der Waals surface area contributed by atoms with E-state index in [0.717, 1.165) is 24.3 Å². The predicted molar refractivity (Wildman–Crippen MR) is 111 cm³/mol. The fraction of sp³-hybridized carbons (Fsp3) is 0.318. The van der Waals surface area contributed by atoms with Gasteiger partial charge in [-0.15, -0.1) is 0 Å². The van der Waals surface area contributed by atoms with Gasteiger partial charge in [0.1, 0.15) is 5.76 Å². The SMILES string of the molecule is CC(C)NC(=O)c1ccc(CN2CCn3cccc3C2c2ccc([N+](=O)[O-])cc2)o1. The van der Waals surface area contributed by atoms with Crippen molar-refractivity contribution in [3.8, 4) is 0 Å². The van der Waals surface area contributed by atoms with Crippen molar-refractivity contribution in [2.45, 2.75) is 39.0 Å². The van der Waals surface area contributed by atoms with E-state index in [2.05, 4.69) is 20.9 Å². The second-order valence-electron chi connectivity index (χ2n) is 7.74. The van der Waals surface area contributed by atoms with E-state index in [1.165, 1.54) is 12.1 Å². The quantitative estimate of drug-likeness (QED) is 0.495. The Morgan fingerprint density at radius 1 is 1.20 bits per heavy atom. The molecule has 1 atom stereocenters. The summed E-state index contributed by atoms with van der Waals surface area (Å²) in [6.07, 6.45) is 2.05. The number of carbonyl (C=O) groups excluding carboxylic acids is 1. The van der Waals surface area contributed by atoms with Gasteiger partial charge in [0.25, 0.3) is 11.6 Å². The number of nitro groups is 1. The number of nitrogens with zero attached hydrogens (tertiary/aromatic N) is 3. The number of non-ortho nitro benzene ring substituents is 1. The molecular formula is C22H24N4O4. The molecule has 0 spiro atoms. The lowest BCUT2D eigenvalue weighted by molar-refractivity contribution is -0.384. The zero-order chi connectivity index (χ0) is 21.3. The van der Waals surface area contributed by atoms with Gasteiger partial charge in [0.05, 0.1) is 17.5 Å². The number of hydrogen-bond donors (Lipinski definition) is 1. The van der Waals surface area contributed by atoms with Gasteiger partial charge in [-0.3, -0.25) is 19.8 Å². The van der Waals surface area contributed by atoms with Crippen LogP contribution in [0.25, 0.3) is 0 Å². The largest absolute Gasteiger partial charge is 0.455 e. The molecule has 0 saturated carbocycles. The monoisotopic (exact) mass is 408 g/mol. The molecule has 1 aliphatic rings. The maximum atomic E-state index is 12.2. The third-order valence-electron chi connectivity index (χ3n) is 5.22. The highest BCUT2D eigenvalue weighted by Crippen LogP contribution is 2.34. The Kier molecular flexibility index (Phi) is 5.41. The van der Waals surface area contributed by atoms with Crippen LogP contribution in [0, 0.1) is 10.1 Å². The van der Waals surface area contributed by atoms with Crippen LogP contribution in [0.2, 0.25) is 0 Å². The number of furan rings is 1. The van der Waals surface area contributed by atoms with E-state index >= 15 is 0 Å². The maximum Gasteiger partial charge on any atom is 0.287 e. The molecule has 0 saturated heterocycles. The molecule has 1 aromatic carbocycles. The van der Waals surface area contributed by atoms with Crippen LogP contribution in [0.4, 0.5) is 5.69 Å². The molecule has 1 N–H and O–H groups in total. The Bertz CT molecular complexity index is 1050. The molecule has 8 nitrogen and oxygen atoms in total. The van der Waals surface area contributed by atoms with Crippen LogP contribution in [-0.4, -0.2) is 32.9 Å². The van der Waals surface area contributed by atoms with Crippen LogP contribution >= 0.6 is 0 Å². The molecule has 0 bridgehead atoms. The molecule has 0 fully saturated rings. The fourth-order valence-corrected chi connectivity index (χ4v) is 3.88. The molecule has 156 valence electrons. The molecule has 30 heavy (non-hydrogen) atoms. The van der Waals surface area contributed by atoms with Crippen molar-refractivity contribution >= 4 is 11.6 Å². The Balaban J connectivity index is 1.60. The molecular weight excluding hydrogens is 384 g/mol. The zero-order valence-corrected chi connectivity index (χ0v) is 16.9. The molecule has 2 aromatic heterocycles. The second-order valence-corrected chi connectivity index (χ2v) is 7.74. The number of rotatable bonds is 6. The number of nitrogens with one attached hydrogen (secondary N) is 1. The summed E-state index contributed by atoms with van der Waals surface area (Å²) in [6, 6.07) is 14.3. The number of nitro benzene ring substituents is 1. The van der Waals surface area contributed by atoms with Crippen LogP contribution < -0.4 is 5.32 Å². The van der Waals surface area contributed by atoms with E-state index in [4.69, 9.17) is 4.42 Å². The number of benzene rings is 1. The minimum Gasteiger partial charge on any atom is -0.455 e. The number of amides is 1. The first-order valence-corrected chi connectivity index (χ1v) is 9.95. The number of aromatic nitrogens is 1. The van der Waals surface area contributed by atoms with E-state index in [-0.39, 0.29) is 23.7 Å². The highest BCUT2D eigenvalue weighted by Gasteiger charge is 2.30. The number of hydrogen-bond acceptors (Lipinski definition) is 5. The van der Waals surface area contributed by atoms with Crippen LogP contribution in [0.15, 0.2) is 59.1 Å². The topological polar surface area (TPSA) is 93.5 Å². The van der Waals surface area contributed by atoms with Gasteiger partial charge in [-0.25, -0.2) is 0 Å². The molecule has 3 aromatic rings. The summed E-state index contributed by atoms with van der Waals surface area (Å²) in [5, 5.41) is 13.9. The molecule has 1 unspecified atom stereocenters. The number of fused-ring (bicyclic) bond motifs is 1. The summed E-state index contributed by atoms with van der Waals surface area (Å²) in [5.41, 5.74) is 2.17. The summed E-state index contributed by atoms with van der Waals surface area (Å²) >= 11 is 0. The van der Waals surface area contributed by atoms with Crippen LogP contribution in [0.5, 0.6) is 0 Å². The predicted octanol–water partition coefficient (Wildman–Crippen LogP) is 3.73. The Hall–Kier alpha value is -3.39. The molecule has 4 rings (SSSR count). The van der Waals surface area contributed by atoms with Crippen molar-refractivity contribution in [1.29, 1.82) is 0 Å². The lowest BCUT2D eigenvalue weighted by Gasteiger charge is -2.36. The van der Waals surface area contributed by atoms with Crippen LogP contribution in [0.1, 0.15) is 47.5 Å². The summed E-state index contributed by atoms with van der Waals surface area (Å²) in [7, 11) is 0. The first-order chi connectivity index (χ1) is 14.4. The second kappa shape index (κ2) is 8.16. The van der Waals surface area contributed by atoms with Crippen molar-refractivity contribution in [3.05, 3.63) is 87.6 Å². The van der Waals surface area contributed by atoms with Crippen molar-refractivity contribution < 1.29 is 14.1 Å². The summed E-state index contributed by atoms with van der Waals surface area (Å²) in [5.74, 6) is 0.775. The Morgan fingerprint density at radius 3 is 2.67 bits per heavy atom. The first kappa shape index (κ1) is 19.9. The summed E-state index contributed by atoms with van der Waals surface area (Å²) in [6.45, 7) is 5.96. The molecule has 1 aliphatic heterocycles. The zero-order valence-electron chi connectivity index (χ0n) is 16.9. The standard InChI is InChI=1S/C22H24N4O4/c1-15(2)23-22(27)20-10-9-18(30-20)14-25-13-12-24-11-3-4-19(24)21(25)16-5-7-17(8-6-16)26(28)29/h3-11,15,21H,12-14H2,1-2H3,(H,23,27). The lowest BCUT2D eigenvalue weighted by atomic mass is 9.99. The average Bonchev–Trinajstić information content (AvgIpc) is 3.37. The average molecular weight is 408 g/mol. The smallest absolute Gasteiger partial charge is 0.287 e. The van der Waals surface area contributed by atoms with Crippen LogP contribution in [-0.2, 0) is 13.1 Å². The van der Waals surface area contributed by atoms with Gasteiger partial charge in [-0.05, 0) is 43.7 Å². The fourth-order valence-electron chi connectivity index (χ4n) is 3.88. The van der Waals surface area contributed by atoms with E-state index in [1.54, 1.807) is 6.07 Å². The summed E-state index contributed by atoms with van der Waals surface area (Å²) in [4.78, 5) is 25.1. The summed E-state index contributed by atoms with van der Waals surface area (Å²) < 4.78 is 8.00. The van der Waals surface area contributed by atoms with E-state index < -0.39 is 4.92 Å². The van der Waals surface area contributed by atoms with E-state index in [0.29, 0.717) is 18.1 Å². The van der Waals surface area contributed by atoms with Gasteiger partial charge in [-0.1, -0.05) is 12.1 Å². The van der Waals surface area contributed by atoms with Gasteiger partial charge < -0.3 is 14.3 Å². The molecule has 3 heterocycles. The lowest BCUT2D eigenvalue weighted by Crippen LogP contribution is -2.37. The minimum atomic E-state index is -0.391. The maximum absolute atomic E-state index is 12.2. The van der Waals surface area contributed by atoms with E-state index in [9.17, 15) is 14.9 Å². The Labute approximate surface area is 174 Å². The van der Waals surface area contributed by atoms with E-state index in [1.807, 2.05) is 44.3 Å². The first-order valence-electron chi connectivity index (χ1n) is 9.95. The third-order valence-corrected chi connectivity index (χ3v) is 5.22. The number of carbonyl (C=O) groups is 1. The van der Waals surface area contributed by atoms with Gasteiger partial charge in [0, 0.05) is 43.2 Å². The highest BCUT2D eigenvalue weighted by atomic mass is 16.6. The van der Waals surface area contributed by atoms with Gasteiger partial charge in [0.2, 0.25) is 0 Å². The van der Waals surface area contributed by atoms with Crippen LogP contribution in [0.3, 0.4) is 0 Å².